The van der Waals surface area contributed by atoms with Crippen molar-refractivity contribution in [2.45, 2.75) is 25.7 Å². The van der Waals surface area contributed by atoms with Crippen molar-refractivity contribution in [3.63, 3.8) is 0 Å². The number of aromatic carboxylic acids is 1. The summed E-state index contributed by atoms with van der Waals surface area (Å²) >= 11 is 0. The topological polar surface area (TPSA) is 66.4 Å². The number of benzene rings is 1. The van der Waals surface area contributed by atoms with E-state index in [4.69, 9.17) is 5.11 Å². The van der Waals surface area contributed by atoms with E-state index in [0.29, 0.717) is 12.5 Å². The second-order valence-electron chi connectivity index (χ2n) is 5.16. The normalized spacial score (nSPS) is 16.9. The standard InChI is InChI=1S/C16H18FNO3/c17-14-10-12(16(20)21)7-8-13(14)15(19)18-9-3-6-11-4-1-2-5-11/h1,4,7-8,10-11H,2-3,5-6,9H2,(H,18,19)(H,20,21). The van der Waals surface area contributed by atoms with Crippen LogP contribution in [-0.4, -0.2) is 23.5 Å². The summed E-state index contributed by atoms with van der Waals surface area (Å²) in [6.07, 6.45) is 8.51. The number of nitrogens with one attached hydrogen (secondary N) is 1. The predicted octanol–water partition coefficient (Wildman–Crippen LogP) is 3.00. The zero-order valence-electron chi connectivity index (χ0n) is 11.6. The molecule has 2 rings (SSSR count). The third-order valence-electron chi connectivity index (χ3n) is 3.61. The molecule has 5 heteroatoms. The molecule has 0 saturated heterocycles. The lowest BCUT2D eigenvalue weighted by Crippen LogP contribution is -2.25. The quantitative estimate of drug-likeness (QED) is 0.625. The first-order chi connectivity index (χ1) is 10.1. The van der Waals surface area contributed by atoms with Crippen molar-refractivity contribution in [2.24, 2.45) is 5.92 Å². The maximum atomic E-state index is 13.7. The molecule has 1 unspecified atom stereocenters. The van der Waals surface area contributed by atoms with Gasteiger partial charge in [0.2, 0.25) is 0 Å². The van der Waals surface area contributed by atoms with Crippen molar-refractivity contribution in [1.29, 1.82) is 0 Å². The van der Waals surface area contributed by atoms with Crippen molar-refractivity contribution in [3.8, 4) is 0 Å². The van der Waals surface area contributed by atoms with Gasteiger partial charge in [-0.15, -0.1) is 0 Å². The fourth-order valence-corrected chi connectivity index (χ4v) is 2.43. The first-order valence-electron chi connectivity index (χ1n) is 7.05. The Hall–Kier alpha value is -2.17. The highest BCUT2D eigenvalue weighted by atomic mass is 19.1. The Labute approximate surface area is 122 Å². The van der Waals surface area contributed by atoms with Crippen LogP contribution in [0.25, 0.3) is 0 Å². The SMILES string of the molecule is O=C(O)c1ccc(C(=O)NCCCC2C=CCC2)c(F)c1. The van der Waals surface area contributed by atoms with Crippen LogP contribution in [0.15, 0.2) is 30.4 Å². The summed E-state index contributed by atoms with van der Waals surface area (Å²) in [6.45, 7) is 0.489. The number of carbonyl (C=O) groups is 2. The molecular formula is C16H18FNO3. The zero-order chi connectivity index (χ0) is 15.2. The van der Waals surface area contributed by atoms with Gasteiger partial charge in [0, 0.05) is 6.54 Å². The minimum Gasteiger partial charge on any atom is -0.478 e. The van der Waals surface area contributed by atoms with Gasteiger partial charge >= 0.3 is 5.97 Å². The molecule has 1 aliphatic carbocycles. The fourth-order valence-electron chi connectivity index (χ4n) is 2.43. The van der Waals surface area contributed by atoms with Crippen LogP contribution in [0.5, 0.6) is 0 Å². The molecule has 1 amide bonds. The predicted molar refractivity (Wildman–Crippen MR) is 76.8 cm³/mol. The van der Waals surface area contributed by atoms with Crippen LogP contribution in [0, 0.1) is 11.7 Å². The molecule has 0 saturated carbocycles. The molecule has 2 N–H and O–H groups in total. The number of hydrogen-bond acceptors (Lipinski definition) is 2. The molecule has 0 heterocycles. The molecule has 1 aromatic rings. The van der Waals surface area contributed by atoms with Crippen molar-refractivity contribution in [3.05, 3.63) is 47.3 Å². The Morgan fingerprint density at radius 3 is 2.81 bits per heavy atom. The summed E-state index contributed by atoms with van der Waals surface area (Å²) in [5.74, 6) is -1.95. The van der Waals surface area contributed by atoms with Crippen LogP contribution >= 0.6 is 0 Å². The average Bonchev–Trinajstić information content (AvgIpc) is 2.96. The van der Waals surface area contributed by atoms with E-state index in [1.54, 1.807) is 0 Å². The molecule has 0 fully saturated rings. The van der Waals surface area contributed by atoms with Gasteiger partial charge in [0.15, 0.2) is 0 Å². The number of hydrogen-bond donors (Lipinski definition) is 2. The summed E-state index contributed by atoms with van der Waals surface area (Å²) in [7, 11) is 0. The summed E-state index contributed by atoms with van der Waals surface area (Å²) in [4.78, 5) is 22.5. The average molecular weight is 291 g/mol. The Morgan fingerprint density at radius 2 is 2.19 bits per heavy atom. The molecule has 0 spiro atoms. The maximum Gasteiger partial charge on any atom is 0.335 e. The highest BCUT2D eigenvalue weighted by Gasteiger charge is 2.14. The van der Waals surface area contributed by atoms with Gasteiger partial charge in [-0.25, -0.2) is 9.18 Å². The van der Waals surface area contributed by atoms with E-state index < -0.39 is 17.7 Å². The molecule has 0 radical (unpaired) electrons. The van der Waals surface area contributed by atoms with Gasteiger partial charge in [0.25, 0.3) is 5.91 Å². The summed E-state index contributed by atoms with van der Waals surface area (Å²) in [5, 5.41) is 11.4. The molecule has 1 atom stereocenters. The lowest BCUT2D eigenvalue weighted by molar-refractivity contribution is 0.0695. The van der Waals surface area contributed by atoms with Crippen molar-refractivity contribution in [2.75, 3.05) is 6.54 Å². The van der Waals surface area contributed by atoms with Crippen molar-refractivity contribution < 1.29 is 19.1 Å². The molecule has 112 valence electrons. The molecule has 4 nitrogen and oxygen atoms in total. The van der Waals surface area contributed by atoms with Gasteiger partial charge in [-0.2, -0.15) is 0 Å². The van der Waals surface area contributed by atoms with Crippen molar-refractivity contribution in [1.82, 2.24) is 5.32 Å². The third-order valence-corrected chi connectivity index (χ3v) is 3.61. The van der Waals surface area contributed by atoms with Crippen LogP contribution in [0.1, 0.15) is 46.4 Å². The summed E-state index contributed by atoms with van der Waals surface area (Å²) in [6, 6.07) is 3.29. The number of carbonyl (C=O) groups excluding carboxylic acids is 1. The molecule has 0 aliphatic heterocycles. The van der Waals surface area contributed by atoms with Crippen LogP contribution in [0.2, 0.25) is 0 Å². The highest BCUT2D eigenvalue weighted by molar-refractivity contribution is 5.96. The molecule has 1 aromatic carbocycles. The molecule has 0 aromatic heterocycles. The van der Waals surface area contributed by atoms with E-state index in [1.165, 1.54) is 18.6 Å². The van der Waals surface area contributed by atoms with Gasteiger partial charge in [-0.3, -0.25) is 4.79 Å². The Bertz CT molecular complexity index is 569. The van der Waals surface area contributed by atoms with Crippen LogP contribution in [0.4, 0.5) is 4.39 Å². The van der Waals surface area contributed by atoms with E-state index in [0.717, 1.165) is 25.3 Å². The molecule has 21 heavy (non-hydrogen) atoms. The largest absolute Gasteiger partial charge is 0.478 e. The lowest BCUT2D eigenvalue weighted by Gasteiger charge is -2.09. The van der Waals surface area contributed by atoms with E-state index >= 15 is 0 Å². The van der Waals surface area contributed by atoms with E-state index in [2.05, 4.69) is 17.5 Å². The van der Waals surface area contributed by atoms with Gasteiger partial charge < -0.3 is 10.4 Å². The van der Waals surface area contributed by atoms with Gasteiger partial charge in [-0.05, 0) is 49.8 Å². The second kappa shape index (κ2) is 7.02. The second-order valence-corrected chi connectivity index (χ2v) is 5.16. The third kappa shape index (κ3) is 4.15. The number of allylic oxidation sites excluding steroid dienone is 2. The maximum absolute atomic E-state index is 13.7. The first-order valence-corrected chi connectivity index (χ1v) is 7.05. The Balaban J connectivity index is 1.82. The highest BCUT2D eigenvalue weighted by Crippen LogP contribution is 2.21. The van der Waals surface area contributed by atoms with E-state index in [1.807, 2.05) is 0 Å². The number of carboxylic acids is 1. The minimum absolute atomic E-state index is 0.124. The number of halogens is 1. The van der Waals surface area contributed by atoms with Crippen LogP contribution in [-0.2, 0) is 0 Å². The van der Waals surface area contributed by atoms with Crippen molar-refractivity contribution >= 4 is 11.9 Å². The fraction of sp³-hybridized carbons (Fsp3) is 0.375. The molecule has 0 bridgehead atoms. The smallest absolute Gasteiger partial charge is 0.335 e. The Morgan fingerprint density at radius 1 is 1.38 bits per heavy atom. The molecular weight excluding hydrogens is 273 g/mol. The van der Waals surface area contributed by atoms with E-state index in [-0.39, 0.29) is 11.1 Å². The van der Waals surface area contributed by atoms with E-state index in [9.17, 15) is 14.0 Å². The number of amides is 1. The summed E-state index contributed by atoms with van der Waals surface area (Å²) in [5.41, 5.74) is -0.294. The van der Waals surface area contributed by atoms with Crippen LogP contribution < -0.4 is 5.32 Å². The van der Waals surface area contributed by atoms with Crippen LogP contribution in [0.3, 0.4) is 0 Å². The van der Waals surface area contributed by atoms with Gasteiger partial charge in [0.05, 0.1) is 11.1 Å². The molecule has 1 aliphatic rings. The van der Waals surface area contributed by atoms with Gasteiger partial charge in [-0.1, -0.05) is 12.2 Å². The van der Waals surface area contributed by atoms with Gasteiger partial charge in [0.1, 0.15) is 5.82 Å². The minimum atomic E-state index is -1.22. The lowest BCUT2D eigenvalue weighted by atomic mass is 10.0. The Kier molecular flexibility index (Phi) is 5.09. The summed E-state index contributed by atoms with van der Waals surface area (Å²) < 4.78 is 13.7. The number of carboxylic acid groups (broad SMARTS) is 1. The first kappa shape index (κ1) is 15.2. The zero-order valence-corrected chi connectivity index (χ0v) is 11.6. The monoisotopic (exact) mass is 291 g/mol. The number of rotatable bonds is 6.